The van der Waals surface area contributed by atoms with Gasteiger partial charge in [-0.25, -0.2) is 4.79 Å². The van der Waals surface area contributed by atoms with Crippen LogP contribution in [0.5, 0.6) is 0 Å². The summed E-state index contributed by atoms with van der Waals surface area (Å²) in [5, 5.41) is 9.00. The van der Waals surface area contributed by atoms with E-state index in [1.807, 2.05) is 13.8 Å². The number of hydrogen-bond donors (Lipinski definition) is 1. The van der Waals surface area contributed by atoms with Gasteiger partial charge in [0.1, 0.15) is 6.10 Å². The maximum absolute atomic E-state index is 11.2. The summed E-state index contributed by atoms with van der Waals surface area (Å²) < 4.78 is 4.97. The van der Waals surface area contributed by atoms with Gasteiger partial charge in [0.15, 0.2) is 0 Å². The fourth-order valence-electron chi connectivity index (χ4n) is 1.49. The molecular formula is C8H15NO3. The lowest BCUT2D eigenvalue weighted by Crippen LogP contribution is -2.42. The Balaban J connectivity index is 2.75. The number of ether oxygens (including phenoxy) is 1. The van der Waals surface area contributed by atoms with Gasteiger partial charge in [-0.3, -0.25) is 4.90 Å². The van der Waals surface area contributed by atoms with Crippen molar-refractivity contribution in [3.8, 4) is 0 Å². The molecule has 0 aromatic carbocycles. The first-order chi connectivity index (χ1) is 5.57. The second-order valence-corrected chi connectivity index (χ2v) is 3.34. The van der Waals surface area contributed by atoms with E-state index in [0.717, 1.165) is 0 Å². The van der Waals surface area contributed by atoms with E-state index < -0.39 is 0 Å². The number of amides is 1. The van der Waals surface area contributed by atoms with Gasteiger partial charge < -0.3 is 9.84 Å². The third kappa shape index (κ3) is 1.39. The molecule has 0 spiro atoms. The van der Waals surface area contributed by atoms with Crippen molar-refractivity contribution >= 4 is 6.09 Å². The highest BCUT2D eigenvalue weighted by molar-refractivity contribution is 5.71. The number of aliphatic hydroxyl groups is 1. The van der Waals surface area contributed by atoms with Gasteiger partial charge >= 0.3 is 6.09 Å². The Labute approximate surface area is 72.1 Å². The number of carbonyl (C=O) groups is 1. The average Bonchev–Trinajstić information content (AvgIpc) is 2.24. The average molecular weight is 173 g/mol. The first-order valence-corrected chi connectivity index (χ1v) is 4.17. The van der Waals surface area contributed by atoms with Crippen LogP contribution in [0.25, 0.3) is 0 Å². The molecule has 4 nitrogen and oxygen atoms in total. The van der Waals surface area contributed by atoms with Gasteiger partial charge in [-0.2, -0.15) is 0 Å². The van der Waals surface area contributed by atoms with Crippen LogP contribution >= 0.6 is 0 Å². The zero-order valence-corrected chi connectivity index (χ0v) is 7.65. The van der Waals surface area contributed by atoms with Crippen molar-refractivity contribution in [3.63, 3.8) is 0 Å². The van der Waals surface area contributed by atoms with Gasteiger partial charge in [0, 0.05) is 6.04 Å². The predicted octanol–water partition coefficient (Wildman–Crippen LogP) is 0.596. The SMILES string of the molecule is CC1OC(=O)N(C(C)C)C1CO. The minimum absolute atomic E-state index is 0.0366. The smallest absolute Gasteiger partial charge is 0.410 e. The van der Waals surface area contributed by atoms with E-state index in [4.69, 9.17) is 9.84 Å². The zero-order valence-electron chi connectivity index (χ0n) is 7.65. The van der Waals surface area contributed by atoms with E-state index in [9.17, 15) is 4.79 Å². The van der Waals surface area contributed by atoms with Crippen molar-refractivity contribution in [1.82, 2.24) is 4.90 Å². The van der Waals surface area contributed by atoms with Crippen LogP contribution in [0.1, 0.15) is 20.8 Å². The molecule has 1 aliphatic heterocycles. The van der Waals surface area contributed by atoms with Crippen LogP contribution < -0.4 is 0 Å². The van der Waals surface area contributed by atoms with E-state index >= 15 is 0 Å². The van der Waals surface area contributed by atoms with E-state index in [0.29, 0.717) is 0 Å². The summed E-state index contributed by atoms with van der Waals surface area (Å²) >= 11 is 0. The molecule has 0 radical (unpaired) electrons. The second-order valence-electron chi connectivity index (χ2n) is 3.34. The molecule has 0 aromatic heterocycles. The van der Waals surface area contributed by atoms with Crippen molar-refractivity contribution < 1.29 is 14.6 Å². The number of hydrogen-bond acceptors (Lipinski definition) is 3. The Morgan fingerprint density at radius 3 is 2.58 bits per heavy atom. The largest absolute Gasteiger partial charge is 0.444 e. The molecule has 2 atom stereocenters. The molecule has 70 valence electrons. The molecule has 4 heteroatoms. The van der Waals surface area contributed by atoms with E-state index in [1.165, 1.54) is 0 Å². The third-order valence-corrected chi connectivity index (χ3v) is 2.14. The highest BCUT2D eigenvalue weighted by Gasteiger charge is 2.39. The van der Waals surface area contributed by atoms with Crippen molar-refractivity contribution in [2.75, 3.05) is 6.61 Å². The number of rotatable bonds is 2. The monoisotopic (exact) mass is 173 g/mol. The van der Waals surface area contributed by atoms with Crippen molar-refractivity contribution in [1.29, 1.82) is 0 Å². The fraction of sp³-hybridized carbons (Fsp3) is 0.875. The van der Waals surface area contributed by atoms with E-state index in [-0.39, 0.29) is 30.9 Å². The second kappa shape index (κ2) is 3.31. The minimum Gasteiger partial charge on any atom is -0.444 e. The lowest BCUT2D eigenvalue weighted by atomic mass is 10.1. The van der Waals surface area contributed by atoms with E-state index in [2.05, 4.69) is 0 Å². The first kappa shape index (κ1) is 9.32. The Morgan fingerprint density at radius 1 is 1.67 bits per heavy atom. The standard InChI is InChI=1S/C8H15NO3/c1-5(2)9-7(4-10)6(3)12-8(9)11/h5-7,10H,4H2,1-3H3. The zero-order chi connectivity index (χ0) is 9.30. The van der Waals surface area contributed by atoms with Gasteiger partial charge in [-0.1, -0.05) is 0 Å². The molecule has 1 heterocycles. The van der Waals surface area contributed by atoms with Crippen LogP contribution in [0.15, 0.2) is 0 Å². The number of aliphatic hydroxyl groups excluding tert-OH is 1. The Morgan fingerprint density at radius 2 is 2.25 bits per heavy atom. The van der Waals surface area contributed by atoms with Gasteiger partial charge in [-0.05, 0) is 20.8 Å². The Kier molecular flexibility index (Phi) is 2.57. The van der Waals surface area contributed by atoms with Crippen LogP contribution in [-0.4, -0.2) is 40.9 Å². The predicted molar refractivity (Wildman–Crippen MR) is 43.8 cm³/mol. The molecule has 1 amide bonds. The first-order valence-electron chi connectivity index (χ1n) is 4.17. The lowest BCUT2D eigenvalue weighted by molar-refractivity contribution is 0.128. The number of cyclic esters (lactones) is 1. The summed E-state index contributed by atoms with van der Waals surface area (Å²) in [6.07, 6.45) is -0.526. The summed E-state index contributed by atoms with van der Waals surface area (Å²) in [7, 11) is 0. The molecule has 1 N–H and O–H groups in total. The molecule has 12 heavy (non-hydrogen) atoms. The molecule has 0 aromatic rings. The van der Waals surface area contributed by atoms with Crippen molar-refractivity contribution in [2.45, 2.75) is 39.0 Å². The quantitative estimate of drug-likeness (QED) is 0.665. The normalized spacial score (nSPS) is 29.8. The van der Waals surface area contributed by atoms with Crippen molar-refractivity contribution in [2.24, 2.45) is 0 Å². The molecular weight excluding hydrogens is 158 g/mol. The van der Waals surface area contributed by atoms with Gasteiger partial charge in [0.05, 0.1) is 12.6 Å². The van der Waals surface area contributed by atoms with Crippen molar-refractivity contribution in [3.05, 3.63) is 0 Å². The highest BCUT2D eigenvalue weighted by Crippen LogP contribution is 2.21. The maximum atomic E-state index is 11.2. The molecule has 1 saturated heterocycles. The number of carbonyl (C=O) groups excluding carboxylic acids is 1. The molecule has 1 fully saturated rings. The van der Waals surface area contributed by atoms with Gasteiger partial charge in [-0.15, -0.1) is 0 Å². The molecule has 1 rings (SSSR count). The topological polar surface area (TPSA) is 49.8 Å². The molecule has 1 aliphatic rings. The van der Waals surface area contributed by atoms with Crippen LogP contribution in [0, 0.1) is 0 Å². The maximum Gasteiger partial charge on any atom is 0.410 e. The molecule has 0 aliphatic carbocycles. The Hall–Kier alpha value is -0.770. The summed E-state index contributed by atoms with van der Waals surface area (Å²) in [6, 6.07) is -0.0999. The minimum atomic E-state index is -0.323. The summed E-state index contributed by atoms with van der Waals surface area (Å²) in [6.45, 7) is 5.57. The molecule has 2 unspecified atom stereocenters. The number of nitrogens with zero attached hydrogens (tertiary/aromatic N) is 1. The third-order valence-electron chi connectivity index (χ3n) is 2.14. The lowest BCUT2D eigenvalue weighted by Gasteiger charge is -2.24. The summed E-state index contributed by atoms with van der Waals surface area (Å²) in [4.78, 5) is 12.8. The molecule has 0 bridgehead atoms. The van der Waals surface area contributed by atoms with Gasteiger partial charge in [0.25, 0.3) is 0 Å². The fourth-order valence-corrected chi connectivity index (χ4v) is 1.49. The van der Waals surface area contributed by atoms with Crippen LogP contribution in [0.2, 0.25) is 0 Å². The highest BCUT2D eigenvalue weighted by atomic mass is 16.6. The summed E-state index contributed by atoms with van der Waals surface area (Å²) in [5.41, 5.74) is 0. The molecule has 0 saturated carbocycles. The van der Waals surface area contributed by atoms with Crippen LogP contribution in [-0.2, 0) is 4.74 Å². The van der Waals surface area contributed by atoms with Gasteiger partial charge in [0.2, 0.25) is 0 Å². The summed E-state index contributed by atoms with van der Waals surface area (Å²) in [5.74, 6) is 0. The van der Waals surface area contributed by atoms with Crippen LogP contribution in [0.4, 0.5) is 4.79 Å². The van der Waals surface area contributed by atoms with Crippen LogP contribution in [0.3, 0.4) is 0 Å². The Bertz CT molecular complexity index is 181. The van der Waals surface area contributed by atoms with E-state index in [1.54, 1.807) is 11.8 Å².